The van der Waals surface area contributed by atoms with Gasteiger partial charge in [-0.25, -0.2) is 0 Å². The Morgan fingerprint density at radius 1 is 0.864 bits per heavy atom. The first-order valence-electron chi connectivity index (χ1n) is 8.63. The molecule has 0 aliphatic heterocycles. The molecule has 0 bridgehead atoms. The van der Waals surface area contributed by atoms with Gasteiger partial charge in [-0.05, 0) is 0 Å². The van der Waals surface area contributed by atoms with E-state index in [4.69, 9.17) is 0 Å². The molecule has 2 aromatic rings. The Labute approximate surface area is 150 Å². The zero-order chi connectivity index (χ0) is 15.3. The third-order valence-corrected chi connectivity index (χ3v) is 6.97. The molecule has 111 valence electrons. The first-order valence-corrected chi connectivity index (χ1v) is 10.6. The second-order valence-electron chi connectivity index (χ2n) is 7.36. The average molecular weight is 483 g/mol. The van der Waals surface area contributed by atoms with Crippen molar-refractivity contribution in [3.8, 4) is 11.1 Å². The summed E-state index contributed by atoms with van der Waals surface area (Å²) < 4.78 is 1.54. The normalized spacial score (nSPS) is 18.5. The van der Waals surface area contributed by atoms with Crippen LogP contribution < -0.4 is 3.12 Å². The molecule has 1 heteroatoms. The zero-order valence-electron chi connectivity index (χ0n) is 13.6. The Bertz CT molecular complexity index is 721. The van der Waals surface area contributed by atoms with Crippen LogP contribution in [0.25, 0.3) is 11.1 Å². The van der Waals surface area contributed by atoms with Crippen LogP contribution in [-0.2, 0) is 5.41 Å². The molecule has 0 aromatic heterocycles. The van der Waals surface area contributed by atoms with Gasteiger partial charge in [-0.2, -0.15) is 0 Å². The van der Waals surface area contributed by atoms with Crippen LogP contribution in [0.3, 0.4) is 0 Å². The summed E-state index contributed by atoms with van der Waals surface area (Å²) in [6.45, 7) is 4.63. The number of hydrogen-bond donors (Lipinski definition) is 0. The minimum atomic E-state index is 0.328. The first-order chi connectivity index (χ1) is 10.6. The van der Waals surface area contributed by atoms with Gasteiger partial charge in [0.25, 0.3) is 0 Å². The molecule has 0 atom stereocenters. The van der Waals surface area contributed by atoms with E-state index >= 15 is 0 Å². The summed E-state index contributed by atoms with van der Waals surface area (Å²) in [4.78, 5) is 0. The van der Waals surface area contributed by atoms with Crippen LogP contribution in [-0.4, -0.2) is 25.8 Å². The second-order valence-corrected chi connectivity index (χ2v) is 9.61. The Morgan fingerprint density at radius 3 is 2.18 bits per heavy atom. The van der Waals surface area contributed by atoms with Crippen molar-refractivity contribution in [2.75, 3.05) is 0 Å². The summed E-state index contributed by atoms with van der Waals surface area (Å²) in [5, 5.41) is 0. The van der Waals surface area contributed by atoms with Gasteiger partial charge in [0.05, 0.1) is 0 Å². The molecule has 1 spiro atoms. The van der Waals surface area contributed by atoms with Crippen molar-refractivity contribution in [3.05, 3.63) is 53.1 Å². The predicted molar refractivity (Wildman–Crippen MR) is 95.2 cm³/mol. The number of benzene rings is 2. The Kier molecular flexibility index (Phi) is 3.71. The molecular weight excluding hydrogens is 459 g/mol. The van der Waals surface area contributed by atoms with Crippen LogP contribution in [0.4, 0.5) is 0 Å². The van der Waals surface area contributed by atoms with Gasteiger partial charge in [0.1, 0.15) is 0 Å². The van der Waals surface area contributed by atoms with Crippen molar-refractivity contribution < 1.29 is 0 Å². The molecule has 4 rings (SSSR count). The van der Waals surface area contributed by atoms with E-state index in [1.54, 1.807) is 14.2 Å². The minimum absolute atomic E-state index is 0.328. The van der Waals surface area contributed by atoms with Crippen LogP contribution >= 0.6 is 0 Å². The van der Waals surface area contributed by atoms with Gasteiger partial charge >= 0.3 is 150 Å². The van der Waals surface area contributed by atoms with Gasteiger partial charge in [-0.3, -0.25) is 0 Å². The van der Waals surface area contributed by atoms with E-state index in [0.717, 1.165) is 25.8 Å². The van der Waals surface area contributed by atoms with Crippen LogP contribution in [0.1, 0.15) is 68.6 Å². The molecule has 1 saturated carbocycles. The molecule has 0 nitrogen and oxygen atoms in total. The summed E-state index contributed by atoms with van der Waals surface area (Å²) in [7, 11) is 0. The molecule has 0 saturated heterocycles. The van der Waals surface area contributed by atoms with E-state index in [-0.39, 0.29) is 0 Å². The molecule has 22 heavy (non-hydrogen) atoms. The van der Waals surface area contributed by atoms with Crippen molar-refractivity contribution in [2.45, 2.75) is 57.3 Å². The third kappa shape index (κ3) is 2.13. The first kappa shape index (κ1) is 14.9. The molecule has 0 N–H and O–H groups in total. The SMILES string of the molecule is CC(C)c1ccc2c(c1)C1(CCCCC1)c1c[c]([Pb])ccc1-2. The molecule has 3 radical (unpaired) electrons. The summed E-state index contributed by atoms with van der Waals surface area (Å²) in [5.74, 6) is 0.615. The maximum absolute atomic E-state index is 2.54. The van der Waals surface area contributed by atoms with Crippen molar-refractivity contribution in [1.82, 2.24) is 0 Å². The summed E-state index contributed by atoms with van der Waals surface area (Å²) in [5.41, 5.74) is 8.16. The second kappa shape index (κ2) is 5.47. The van der Waals surface area contributed by atoms with Crippen molar-refractivity contribution in [2.24, 2.45) is 0 Å². The van der Waals surface area contributed by atoms with Gasteiger partial charge in [-0.1, -0.05) is 0 Å². The van der Waals surface area contributed by atoms with E-state index < -0.39 is 0 Å². The monoisotopic (exact) mass is 483 g/mol. The molecule has 1 fully saturated rings. The van der Waals surface area contributed by atoms with E-state index in [1.807, 2.05) is 0 Å². The van der Waals surface area contributed by atoms with E-state index in [0.29, 0.717) is 11.3 Å². The third-order valence-electron chi connectivity index (χ3n) is 5.76. The standard InChI is InChI=1S/C21H23.Pb/c1-15(2)16-10-11-18-17-8-4-5-9-19(17)21(20(18)14-16)12-6-3-7-13-21;/h4,8-11,14-15H,3,6-7,12-13H2,1-2H3;. The molecule has 0 unspecified atom stereocenters. The molecular formula is C21H23Pb. The van der Waals surface area contributed by atoms with Crippen molar-refractivity contribution in [3.63, 3.8) is 0 Å². The van der Waals surface area contributed by atoms with E-state index in [9.17, 15) is 0 Å². The molecule has 0 amide bonds. The van der Waals surface area contributed by atoms with Gasteiger partial charge in [0.15, 0.2) is 0 Å². The van der Waals surface area contributed by atoms with Gasteiger partial charge in [-0.15, -0.1) is 0 Å². The maximum atomic E-state index is 2.54. The molecule has 2 aromatic carbocycles. The molecule has 0 heterocycles. The number of fused-ring (bicyclic) bond motifs is 5. The van der Waals surface area contributed by atoms with Crippen LogP contribution in [0.2, 0.25) is 0 Å². The van der Waals surface area contributed by atoms with Crippen LogP contribution in [0.15, 0.2) is 36.4 Å². The summed E-state index contributed by atoms with van der Waals surface area (Å²) in [6, 6.07) is 14.6. The van der Waals surface area contributed by atoms with Crippen molar-refractivity contribution in [1.29, 1.82) is 0 Å². The zero-order valence-corrected chi connectivity index (χ0v) is 17.5. The van der Waals surface area contributed by atoms with Gasteiger partial charge in [0.2, 0.25) is 0 Å². The van der Waals surface area contributed by atoms with Crippen LogP contribution in [0, 0.1) is 0 Å². The van der Waals surface area contributed by atoms with E-state index in [1.165, 1.54) is 48.8 Å². The summed E-state index contributed by atoms with van der Waals surface area (Å²) in [6.07, 6.45) is 6.88. The Hall–Kier alpha value is -0.638. The summed E-state index contributed by atoms with van der Waals surface area (Å²) >= 11 is 1.15. The topological polar surface area (TPSA) is 0 Å². The fourth-order valence-corrected chi connectivity index (χ4v) is 5.45. The number of hydrogen-bond acceptors (Lipinski definition) is 0. The fraction of sp³-hybridized carbons (Fsp3) is 0.429. The fourth-order valence-electron chi connectivity index (χ4n) is 4.57. The average Bonchev–Trinajstić information content (AvgIpc) is 2.78. The van der Waals surface area contributed by atoms with Crippen molar-refractivity contribution >= 4 is 28.9 Å². The molecule has 2 aliphatic rings. The number of rotatable bonds is 1. The van der Waals surface area contributed by atoms with Gasteiger partial charge < -0.3 is 0 Å². The van der Waals surface area contributed by atoms with Crippen LogP contribution in [0.5, 0.6) is 0 Å². The predicted octanol–water partition coefficient (Wildman–Crippen LogP) is 4.83. The Balaban J connectivity index is 1.98. The molecule has 2 aliphatic carbocycles. The quantitative estimate of drug-likeness (QED) is 0.511. The van der Waals surface area contributed by atoms with E-state index in [2.05, 4.69) is 50.2 Å². The Morgan fingerprint density at radius 2 is 1.50 bits per heavy atom. The van der Waals surface area contributed by atoms with Gasteiger partial charge in [0, 0.05) is 0 Å².